The molecular weight excluding hydrogens is 296 g/mol. The van der Waals surface area contributed by atoms with Gasteiger partial charge in [-0.1, -0.05) is 0 Å². The van der Waals surface area contributed by atoms with E-state index in [0.717, 1.165) is 22.3 Å². The van der Waals surface area contributed by atoms with Crippen molar-refractivity contribution in [1.29, 1.82) is 0 Å². The van der Waals surface area contributed by atoms with Gasteiger partial charge >= 0.3 is 0 Å². The van der Waals surface area contributed by atoms with Crippen molar-refractivity contribution in [2.45, 2.75) is 11.8 Å². The molecule has 3 aromatic rings. The van der Waals surface area contributed by atoms with E-state index in [1.165, 1.54) is 0 Å². The number of amides is 1. The number of hydrogen-bond acceptors (Lipinski definition) is 2. The van der Waals surface area contributed by atoms with Crippen molar-refractivity contribution in [1.82, 2.24) is 4.98 Å². The topological polar surface area (TPSA) is 62.0 Å². The number of hydrogen-bond donors (Lipinski definition) is 2. The van der Waals surface area contributed by atoms with Crippen LogP contribution in [0.4, 0.5) is 5.69 Å². The number of nitrogens with one attached hydrogen (secondary N) is 2. The molecule has 1 aromatic heterocycles. The number of aromatic nitrogens is 1. The van der Waals surface area contributed by atoms with E-state index < -0.39 is 10.8 Å². The molecule has 0 aliphatic heterocycles. The van der Waals surface area contributed by atoms with Crippen LogP contribution in [0.2, 0.25) is 0 Å². The normalized spacial score (nSPS) is 12.3. The van der Waals surface area contributed by atoms with Crippen molar-refractivity contribution in [2.24, 2.45) is 0 Å². The van der Waals surface area contributed by atoms with Crippen LogP contribution in [-0.4, -0.2) is 21.4 Å². The zero-order valence-corrected chi connectivity index (χ0v) is 13.2. The van der Waals surface area contributed by atoms with Crippen LogP contribution >= 0.6 is 0 Å². The van der Waals surface area contributed by atoms with Crippen molar-refractivity contribution in [3.05, 3.63) is 59.8 Å². The van der Waals surface area contributed by atoms with E-state index in [-0.39, 0.29) is 5.91 Å². The highest BCUT2D eigenvalue weighted by molar-refractivity contribution is 7.84. The Balaban J connectivity index is 1.81. The van der Waals surface area contributed by atoms with Crippen LogP contribution in [0.3, 0.4) is 0 Å². The van der Waals surface area contributed by atoms with E-state index >= 15 is 0 Å². The zero-order chi connectivity index (χ0) is 15.7. The van der Waals surface area contributed by atoms with Crippen molar-refractivity contribution >= 4 is 33.3 Å². The minimum absolute atomic E-state index is 0.181. The number of rotatable bonds is 3. The predicted octanol–water partition coefficient (Wildman–Crippen LogP) is 3.47. The SMILES string of the molecule is Cc1cc2cc(NC(=O)c3ccc([S@@](C)=O)cc3)ccc2[nH]1. The molecule has 3 rings (SSSR count). The number of carbonyl (C=O) groups is 1. The van der Waals surface area contributed by atoms with Crippen LogP contribution in [0, 0.1) is 6.92 Å². The summed E-state index contributed by atoms with van der Waals surface area (Å²) >= 11 is 0. The second kappa shape index (κ2) is 5.77. The fourth-order valence-corrected chi connectivity index (χ4v) is 2.88. The molecule has 1 heterocycles. The summed E-state index contributed by atoms with van der Waals surface area (Å²) in [5.74, 6) is -0.181. The molecular formula is C17H16N2O2S. The van der Waals surface area contributed by atoms with Gasteiger partial charge in [0.2, 0.25) is 0 Å². The molecule has 0 saturated carbocycles. The molecule has 1 amide bonds. The van der Waals surface area contributed by atoms with Crippen LogP contribution in [0.15, 0.2) is 53.4 Å². The lowest BCUT2D eigenvalue weighted by molar-refractivity contribution is 0.102. The molecule has 0 aliphatic rings. The molecule has 0 aliphatic carbocycles. The fraction of sp³-hybridized carbons (Fsp3) is 0.118. The van der Waals surface area contributed by atoms with Gasteiger partial charge in [0.05, 0.1) is 0 Å². The van der Waals surface area contributed by atoms with Crippen molar-refractivity contribution in [2.75, 3.05) is 11.6 Å². The van der Waals surface area contributed by atoms with Gasteiger partial charge in [0, 0.05) is 49.8 Å². The molecule has 2 aromatic carbocycles. The van der Waals surface area contributed by atoms with Crippen LogP contribution in [0.1, 0.15) is 16.1 Å². The Bertz CT molecular complexity index is 866. The Labute approximate surface area is 131 Å². The molecule has 5 heteroatoms. The summed E-state index contributed by atoms with van der Waals surface area (Å²) in [6.45, 7) is 2.00. The molecule has 0 spiro atoms. The lowest BCUT2D eigenvalue weighted by Gasteiger charge is -2.06. The number of aromatic amines is 1. The highest BCUT2D eigenvalue weighted by Gasteiger charge is 2.08. The fourth-order valence-electron chi connectivity index (χ4n) is 2.36. The highest BCUT2D eigenvalue weighted by atomic mass is 32.2. The predicted molar refractivity (Wildman–Crippen MR) is 89.8 cm³/mol. The van der Waals surface area contributed by atoms with Gasteiger partial charge in [-0.2, -0.15) is 0 Å². The average molecular weight is 312 g/mol. The maximum atomic E-state index is 12.2. The zero-order valence-electron chi connectivity index (χ0n) is 12.3. The first-order valence-electron chi connectivity index (χ1n) is 6.87. The summed E-state index contributed by atoms with van der Waals surface area (Å²) in [7, 11) is -1.04. The molecule has 2 N–H and O–H groups in total. The molecule has 22 heavy (non-hydrogen) atoms. The second-order valence-electron chi connectivity index (χ2n) is 5.19. The smallest absolute Gasteiger partial charge is 0.255 e. The molecule has 4 nitrogen and oxygen atoms in total. The van der Waals surface area contributed by atoms with Crippen LogP contribution in [-0.2, 0) is 10.8 Å². The molecule has 0 radical (unpaired) electrons. The second-order valence-corrected chi connectivity index (χ2v) is 6.57. The minimum Gasteiger partial charge on any atom is -0.359 e. The first-order chi connectivity index (χ1) is 10.5. The maximum absolute atomic E-state index is 12.2. The van der Waals surface area contributed by atoms with Gasteiger partial charge in [-0.3, -0.25) is 9.00 Å². The van der Waals surface area contributed by atoms with Gasteiger partial charge in [-0.25, -0.2) is 0 Å². The number of H-pyrrole nitrogens is 1. The first-order valence-corrected chi connectivity index (χ1v) is 8.43. The number of carbonyl (C=O) groups excluding carboxylic acids is 1. The van der Waals surface area contributed by atoms with Gasteiger partial charge in [-0.15, -0.1) is 0 Å². The molecule has 0 saturated heterocycles. The van der Waals surface area contributed by atoms with E-state index in [1.807, 2.05) is 31.2 Å². The number of benzene rings is 2. The Morgan fingerprint density at radius 1 is 1.09 bits per heavy atom. The summed E-state index contributed by atoms with van der Waals surface area (Å²) in [4.78, 5) is 16.2. The number of aryl methyl sites for hydroxylation is 1. The van der Waals surface area contributed by atoms with E-state index in [4.69, 9.17) is 0 Å². The Morgan fingerprint density at radius 2 is 1.82 bits per heavy atom. The summed E-state index contributed by atoms with van der Waals surface area (Å²) < 4.78 is 11.4. The Kier molecular flexibility index (Phi) is 3.81. The van der Waals surface area contributed by atoms with Gasteiger partial charge in [0.15, 0.2) is 0 Å². The number of fused-ring (bicyclic) bond motifs is 1. The highest BCUT2D eigenvalue weighted by Crippen LogP contribution is 2.20. The van der Waals surface area contributed by atoms with E-state index in [2.05, 4.69) is 10.3 Å². The molecule has 1 atom stereocenters. The molecule has 0 fully saturated rings. The van der Waals surface area contributed by atoms with Crippen LogP contribution < -0.4 is 5.32 Å². The van der Waals surface area contributed by atoms with Crippen molar-refractivity contribution in [3.8, 4) is 0 Å². The molecule has 112 valence electrons. The monoisotopic (exact) mass is 312 g/mol. The Morgan fingerprint density at radius 3 is 2.50 bits per heavy atom. The third kappa shape index (κ3) is 2.94. The summed E-state index contributed by atoms with van der Waals surface area (Å²) in [6, 6.07) is 14.6. The molecule has 0 bridgehead atoms. The average Bonchev–Trinajstić information content (AvgIpc) is 2.86. The summed E-state index contributed by atoms with van der Waals surface area (Å²) in [5, 5.41) is 3.94. The third-order valence-corrected chi connectivity index (χ3v) is 4.40. The van der Waals surface area contributed by atoms with Gasteiger partial charge in [-0.05, 0) is 55.5 Å². The quantitative estimate of drug-likeness (QED) is 0.778. The van der Waals surface area contributed by atoms with Gasteiger partial charge in [0.25, 0.3) is 5.91 Å². The lowest BCUT2D eigenvalue weighted by Crippen LogP contribution is -2.11. The standard InChI is InChI=1S/C17H16N2O2S/c1-11-9-13-10-14(5-8-16(13)18-11)19-17(20)12-3-6-15(7-4-12)22(2)21/h3-10,18H,1-2H3,(H,19,20)/t22-/m1/s1. The van der Waals surface area contributed by atoms with E-state index in [0.29, 0.717) is 10.5 Å². The maximum Gasteiger partial charge on any atom is 0.255 e. The van der Waals surface area contributed by atoms with E-state index in [9.17, 15) is 9.00 Å². The van der Waals surface area contributed by atoms with Crippen molar-refractivity contribution in [3.63, 3.8) is 0 Å². The van der Waals surface area contributed by atoms with E-state index in [1.54, 1.807) is 30.5 Å². The molecule has 0 unspecified atom stereocenters. The van der Waals surface area contributed by atoms with Crippen molar-refractivity contribution < 1.29 is 9.00 Å². The van der Waals surface area contributed by atoms with Gasteiger partial charge < -0.3 is 10.3 Å². The van der Waals surface area contributed by atoms with Crippen LogP contribution in [0.5, 0.6) is 0 Å². The number of anilines is 1. The Hall–Kier alpha value is -2.40. The minimum atomic E-state index is -1.04. The first kappa shape index (κ1) is 14.5. The summed E-state index contributed by atoms with van der Waals surface area (Å²) in [6.07, 6.45) is 1.61. The third-order valence-electron chi connectivity index (χ3n) is 3.46. The lowest BCUT2D eigenvalue weighted by atomic mass is 10.2. The largest absolute Gasteiger partial charge is 0.359 e. The van der Waals surface area contributed by atoms with Crippen LogP contribution in [0.25, 0.3) is 10.9 Å². The van der Waals surface area contributed by atoms with Gasteiger partial charge in [0.1, 0.15) is 0 Å². The summed E-state index contributed by atoms with van der Waals surface area (Å²) in [5.41, 5.74) is 3.42.